The molecule has 1 saturated carbocycles. The van der Waals surface area contributed by atoms with Gasteiger partial charge < -0.3 is 20.1 Å². The van der Waals surface area contributed by atoms with Crippen molar-refractivity contribution < 1.29 is 9.47 Å². The topological polar surface area (TPSA) is 58.1 Å². The molecule has 1 aliphatic heterocycles. The third-order valence-electron chi connectivity index (χ3n) is 6.77. The molecule has 2 aliphatic rings. The Hall–Kier alpha value is -1.63. The van der Waals surface area contributed by atoms with Crippen LogP contribution in [0.25, 0.3) is 0 Å². The smallest absolute Gasteiger partial charge is 0.191 e. The lowest BCUT2D eigenvalue weighted by molar-refractivity contribution is 0.0170. The fourth-order valence-corrected chi connectivity index (χ4v) is 4.78. The van der Waals surface area contributed by atoms with Crippen LogP contribution in [0.5, 0.6) is 0 Å². The summed E-state index contributed by atoms with van der Waals surface area (Å²) < 4.78 is 11.0. The lowest BCUT2D eigenvalue weighted by atomic mass is 9.83. The maximum atomic E-state index is 5.58. The molecule has 1 aliphatic carbocycles. The molecule has 0 amide bonds. The van der Waals surface area contributed by atoms with E-state index in [4.69, 9.17) is 9.47 Å². The van der Waals surface area contributed by atoms with Crippen molar-refractivity contribution in [1.82, 2.24) is 15.5 Å². The normalized spacial score (nSPS) is 20.8. The molecular formula is C24H40N4O2. The van der Waals surface area contributed by atoms with Crippen molar-refractivity contribution in [2.45, 2.75) is 45.1 Å². The summed E-state index contributed by atoms with van der Waals surface area (Å²) >= 11 is 0. The van der Waals surface area contributed by atoms with E-state index < -0.39 is 0 Å². The minimum Gasteiger partial charge on any atom is -0.385 e. The lowest BCUT2D eigenvalue weighted by Crippen LogP contribution is -2.48. The maximum Gasteiger partial charge on any atom is 0.191 e. The van der Waals surface area contributed by atoms with Gasteiger partial charge >= 0.3 is 0 Å². The van der Waals surface area contributed by atoms with Crippen LogP contribution in [0.4, 0.5) is 0 Å². The van der Waals surface area contributed by atoms with Gasteiger partial charge in [-0.2, -0.15) is 0 Å². The Balaban J connectivity index is 1.60. The number of aliphatic imine (C=N–C) groups is 1. The van der Waals surface area contributed by atoms with Crippen molar-refractivity contribution in [2.24, 2.45) is 10.4 Å². The van der Waals surface area contributed by atoms with E-state index in [1.165, 1.54) is 36.8 Å². The third-order valence-corrected chi connectivity index (χ3v) is 6.77. The molecule has 1 saturated heterocycles. The molecule has 1 aromatic rings. The maximum absolute atomic E-state index is 5.58. The molecule has 1 atom stereocenters. The average Bonchev–Trinajstić information content (AvgIpc) is 3.25. The van der Waals surface area contributed by atoms with E-state index in [0.29, 0.717) is 11.5 Å². The number of nitrogens with one attached hydrogen (secondary N) is 2. The zero-order valence-electron chi connectivity index (χ0n) is 19.1. The van der Waals surface area contributed by atoms with E-state index in [0.717, 1.165) is 58.4 Å². The second kappa shape index (κ2) is 11.7. The van der Waals surface area contributed by atoms with Crippen molar-refractivity contribution in [3.05, 3.63) is 35.4 Å². The summed E-state index contributed by atoms with van der Waals surface area (Å²) in [6.45, 7) is 8.30. The van der Waals surface area contributed by atoms with Crippen LogP contribution in [-0.2, 0) is 9.47 Å². The summed E-state index contributed by atoms with van der Waals surface area (Å²) in [6.07, 6.45) is 6.32. The van der Waals surface area contributed by atoms with Gasteiger partial charge in [0.25, 0.3) is 0 Å². The molecule has 1 unspecified atom stereocenters. The molecule has 0 radical (unpaired) electrons. The van der Waals surface area contributed by atoms with Crippen LogP contribution in [0.15, 0.2) is 29.3 Å². The van der Waals surface area contributed by atoms with Crippen LogP contribution < -0.4 is 10.6 Å². The van der Waals surface area contributed by atoms with E-state index in [1.54, 1.807) is 7.11 Å². The molecular weight excluding hydrogens is 376 g/mol. The van der Waals surface area contributed by atoms with Gasteiger partial charge in [-0.1, -0.05) is 42.7 Å². The number of hydrogen-bond donors (Lipinski definition) is 2. The lowest BCUT2D eigenvalue weighted by Gasteiger charge is -2.35. The second-order valence-corrected chi connectivity index (χ2v) is 8.83. The minimum absolute atomic E-state index is 0.307. The summed E-state index contributed by atoms with van der Waals surface area (Å²) in [5.74, 6) is 0.893. The highest BCUT2D eigenvalue weighted by Crippen LogP contribution is 2.40. The van der Waals surface area contributed by atoms with E-state index in [2.05, 4.69) is 51.7 Å². The fraction of sp³-hybridized carbons (Fsp3) is 0.708. The Bertz CT molecular complexity index is 650. The van der Waals surface area contributed by atoms with Crippen LogP contribution in [0.1, 0.15) is 49.3 Å². The van der Waals surface area contributed by atoms with Crippen LogP contribution >= 0.6 is 0 Å². The Morgan fingerprint density at radius 1 is 1.17 bits per heavy atom. The summed E-state index contributed by atoms with van der Waals surface area (Å²) in [7, 11) is 3.66. The van der Waals surface area contributed by atoms with Crippen LogP contribution in [0.2, 0.25) is 0 Å². The first kappa shape index (κ1) is 23.0. The molecule has 0 bridgehead atoms. The van der Waals surface area contributed by atoms with Gasteiger partial charge in [0.2, 0.25) is 0 Å². The van der Waals surface area contributed by atoms with Crippen LogP contribution in [0.3, 0.4) is 0 Å². The van der Waals surface area contributed by atoms with E-state index in [1.807, 2.05) is 7.05 Å². The number of methoxy groups -OCH3 is 1. The van der Waals surface area contributed by atoms with Crippen molar-refractivity contribution in [2.75, 3.05) is 60.2 Å². The predicted molar refractivity (Wildman–Crippen MR) is 123 cm³/mol. The molecule has 2 N–H and O–H groups in total. The van der Waals surface area contributed by atoms with E-state index in [9.17, 15) is 0 Å². The highest BCUT2D eigenvalue weighted by Gasteiger charge is 2.33. The molecule has 6 heteroatoms. The summed E-state index contributed by atoms with van der Waals surface area (Å²) in [4.78, 5) is 7.02. The van der Waals surface area contributed by atoms with Crippen LogP contribution in [-0.4, -0.2) is 71.0 Å². The summed E-state index contributed by atoms with van der Waals surface area (Å²) in [6, 6.07) is 9.23. The minimum atomic E-state index is 0.307. The van der Waals surface area contributed by atoms with Gasteiger partial charge in [0.05, 0.1) is 19.3 Å². The number of nitrogens with zero attached hydrogens (tertiary/aromatic N) is 2. The Kier molecular flexibility index (Phi) is 8.97. The molecule has 6 nitrogen and oxygen atoms in total. The third kappa shape index (κ3) is 6.43. The first-order chi connectivity index (χ1) is 14.7. The number of guanidine groups is 1. The molecule has 0 spiro atoms. The summed E-state index contributed by atoms with van der Waals surface area (Å²) in [5.41, 5.74) is 2.98. The first-order valence-electron chi connectivity index (χ1n) is 11.5. The molecule has 0 aromatic heterocycles. The SMILES string of the molecule is CN=C(NCC(c1ccc(C)cc1)N1CCOCC1)NCC1(CCOC)CCCC1. The van der Waals surface area contributed by atoms with Gasteiger partial charge in [0, 0.05) is 46.9 Å². The predicted octanol–water partition coefficient (Wildman–Crippen LogP) is 3.13. The number of aryl methyl sites for hydroxylation is 1. The highest BCUT2D eigenvalue weighted by atomic mass is 16.5. The van der Waals surface area contributed by atoms with Gasteiger partial charge in [-0.25, -0.2) is 0 Å². The van der Waals surface area contributed by atoms with Gasteiger partial charge in [-0.15, -0.1) is 0 Å². The number of ether oxygens (including phenoxy) is 2. The molecule has 168 valence electrons. The summed E-state index contributed by atoms with van der Waals surface area (Å²) in [5, 5.41) is 7.22. The van der Waals surface area contributed by atoms with Gasteiger partial charge in [0.1, 0.15) is 0 Å². The van der Waals surface area contributed by atoms with Gasteiger partial charge in [-0.3, -0.25) is 9.89 Å². The van der Waals surface area contributed by atoms with E-state index >= 15 is 0 Å². The van der Waals surface area contributed by atoms with Crippen molar-refractivity contribution in [3.8, 4) is 0 Å². The van der Waals surface area contributed by atoms with Crippen molar-refractivity contribution in [1.29, 1.82) is 0 Å². The van der Waals surface area contributed by atoms with Gasteiger partial charge in [-0.05, 0) is 37.2 Å². The Morgan fingerprint density at radius 3 is 2.50 bits per heavy atom. The zero-order chi connectivity index (χ0) is 21.2. The van der Waals surface area contributed by atoms with Crippen molar-refractivity contribution in [3.63, 3.8) is 0 Å². The standard InChI is InChI=1S/C24H40N4O2/c1-20-6-8-21(9-7-20)22(28-13-16-30-17-14-28)18-26-23(25-2)27-19-24(12-15-29-3)10-4-5-11-24/h6-9,22H,4-5,10-19H2,1-3H3,(H2,25,26,27). The highest BCUT2D eigenvalue weighted by molar-refractivity contribution is 5.79. The first-order valence-corrected chi connectivity index (χ1v) is 11.5. The van der Waals surface area contributed by atoms with Crippen LogP contribution in [0, 0.1) is 12.3 Å². The average molecular weight is 417 g/mol. The largest absolute Gasteiger partial charge is 0.385 e. The second-order valence-electron chi connectivity index (χ2n) is 8.83. The molecule has 3 rings (SSSR count). The van der Waals surface area contributed by atoms with Gasteiger partial charge in [0.15, 0.2) is 5.96 Å². The monoisotopic (exact) mass is 416 g/mol. The number of morpholine rings is 1. The molecule has 30 heavy (non-hydrogen) atoms. The Morgan fingerprint density at radius 2 is 1.87 bits per heavy atom. The molecule has 2 fully saturated rings. The molecule has 1 aromatic carbocycles. The quantitative estimate of drug-likeness (QED) is 0.478. The van der Waals surface area contributed by atoms with E-state index in [-0.39, 0.29) is 0 Å². The zero-order valence-corrected chi connectivity index (χ0v) is 19.1. The Labute approximate surface area is 182 Å². The number of rotatable bonds is 9. The number of benzene rings is 1. The molecule has 1 heterocycles. The fourth-order valence-electron chi connectivity index (χ4n) is 4.78. The van der Waals surface area contributed by atoms with Crippen molar-refractivity contribution >= 4 is 5.96 Å². The number of hydrogen-bond acceptors (Lipinski definition) is 4.